The summed E-state index contributed by atoms with van der Waals surface area (Å²) >= 11 is 1.82. The second kappa shape index (κ2) is 6.28. The summed E-state index contributed by atoms with van der Waals surface area (Å²) in [4.78, 5) is 0.427. The molecule has 0 radical (unpaired) electrons. The van der Waals surface area contributed by atoms with Crippen molar-refractivity contribution < 1.29 is 8.42 Å². The lowest BCUT2D eigenvalue weighted by Crippen LogP contribution is -2.44. The van der Waals surface area contributed by atoms with Crippen LogP contribution < -0.4 is 5.32 Å². The number of hydrogen-bond donors (Lipinski definition) is 1. The number of sulfonamides is 1. The van der Waals surface area contributed by atoms with Gasteiger partial charge in [0.2, 0.25) is 10.0 Å². The fourth-order valence-electron chi connectivity index (χ4n) is 2.57. The van der Waals surface area contributed by atoms with Crippen LogP contribution in [0.15, 0.2) is 29.2 Å². The van der Waals surface area contributed by atoms with Crippen LogP contribution in [0.5, 0.6) is 0 Å². The molecule has 1 aliphatic carbocycles. The van der Waals surface area contributed by atoms with E-state index in [1.807, 2.05) is 36.9 Å². The van der Waals surface area contributed by atoms with Crippen molar-refractivity contribution in [1.29, 1.82) is 0 Å². The summed E-state index contributed by atoms with van der Waals surface area (Å²) in [6.07, 6.45) is 2.47. The molecule has 2 aliphatic rings. The van der Waals surface area contributed by atoms with Crippen LogP contribution in [-0.2, 0) is 16.6 Å². The molecule has 21 heavy (non-hydrogen) atoms. The van der Waals surface area contributed by atoms with Crippen molar-refractivity contribution in [2.45, 2.75) is 43.3 Å². The Morgan fingerprint density at radius 3 is 2.90 bits per heavy atom. The Hall–Kier alpha value is -0.560. The van der Waals surface area contributed by atoms with E-state index in [-0.39, 0.29) is 6.04 Å². The SMILES string of the molecule is CC1CSCCN1S(=O)(=O)c1cccc(CNC2CC2)c1. The van der Waals surface area contributed by atoms with Crippen LogP contribution in [0.3, 0.4) is 0 Å². The number of nitrogens with one attached hydrogen (secondary N) is 1. The quantitative estimate of drug-likeness (QED) is 0.900. The predicted octanol–water partition coefficient (Wildman–Crippen LogP) is 2.06. The number of rotatable bonds is 5. The van der Waals surface area contributed by atoms with E-state index >= 15 is 0 Å². The lowest BCUT2D eigenvalue weighted by molar-refractivity contribution is 0.367. The van der Waals surface area contributed by atoms with E-state index in [1.165, 1.54) is 12.8 Å². The average Bonchev–Trinajstić information content (AvgIpc) is 3.30. The fraction of sp³-hybridized carbons (Fsp3) is 0.600. The summed E-state index contributed by atoms with van der Waals surface area (Å²) in [7, 11) is -3.36. The van der Waals surface area contributed by atoms with Crippen molar-refractivity contribution in [1.82, 2.24) is 9.62 Å². The van der Waals surface area contributed by atoms with Crippen molar-refractivity contribution in [3.63, 3.8) is 0 Å². The van der Waals surface area contributed by atoms with E-state index in [4.69, 9.17) is 0 Å². The zero-order chi connectivity index (χ0) is 14.9. The molecule has 116 valence electrons. The molecule has 0 spiro atoms. The maximum absolute atomic E-state index is 12.8. The van der Waals surface area contributed by atoms with E-state index in [1.54, 1.807) is 10.4 Å². The lowest BCUT2D eigenvalue weighted by atomic mass is 10.2. The Balaban J connectivity index is 1.78. The van der Waals surface area contributed by atoms with Gasteiger partial charge in [-0.05, 0) is 37.5 Å². The molecule has 1 heterocycles. The van der Waals surface area contributed by atoms with Gasteiger partial charge in [0.15, 0.2) is 0 Å². The minimum Gasteiger partial charge on any atom is -0.310 e. The predicted molar refractivity (Wildman–Crippen MR) is 87.0 cm³/mol. The zero-order valence-corrected chi connectivity index (χ0v) is 13.9. The van der Waals surface area contributed by atoms with Gasteiger partial charge >= 0.3 is 0 Å². The normalized spacial score (nSPS) is 24.1. The highest BCUT2D eigenvalue weighted by molar-refractivity contribution is 7.99. The van der Waals surface area contributed by atoms with Gasteiger partial charge in [0.25, 0.3) is 0 Å². The Bertz CT molecular complexity index is 599. The number of thioether (sulfide) groups is 1. The first kappa shape index (κ1) is 15.3. The number of benzene rings is 1. The molecule has 1 aromatic rings. The summed E-state index contributed by atoms with van der Waals surface area (Å²) in [5, 5.41) is 3.43. The monoisotopic (exact) mass is 326 g/mol. The highest BCUT2D eigenvalue weighted by atomic mass is 32.2. The van der Waals surface area contributed by atoms with Crippen LogP contribution in [0.25, 0.3) is 0 Å². The van der Waals surface area contributed by atoms with Crippen LogP contribution in [0, 0.1) is 0 Å². The first-order chi connectivity index (χ1) is 10.1. The molecule has 1 saturated carbocycles. The van der Waals surface area contributed by atoms with Gasteiger partial charge in [-0.1, -0.05) is 12.1 Å². The number of nitrogens with zero attached hydrogens (tertiary/aromatic N) is 1. The van der Waals surface area contributed by atoms with Gasteiger partial charge in [-0.25, -0.2) is 8.42 Å². The van der Waals surface area contributed by atoms with Crippen LogP contribution in [-0.4, -0.2) is 42.9 Å². The summed E-state index contributed by atoms with van der Waals surface area (Å²) in [6, 6.07) is 8.07. The molecular weight excluding hydrogens is 304 g/mol. The average molecular weight is 326 g/mol. The van der Waals surface area contributed by atoms with E-state index < -0.39 is 10.0 Å². The molecule has 1 aromatic carbocycles. The van der Waals surface area contributed by atoms with Gasteiger partial charge in [0, 0.05) is 36.7 Å². The van der Waals surface area contributed by atoms with Crippen molar-refractivity contribution in [2.24, 2.45) is 0 Å². The van der Waals surface area contributed by atoms with Gasteiger partial charge in [-0.2, -0.15) is 16.1 Å². The summed E-state index contributed by atoms with van der Waals surface area (Å²) in [5.41, 5.74) is 1.04. The Labute approximate surface area is 131 Å². The molecule has 2 fully saturated rings. The van der Waals surface area contributed by atoms with Crippen LogP contribution >= 0.6 is 11.8 Å². The molecule has 0 bridgehead atoms. The highest BCUT2D eigenvalue weighted by Crippen LogP contribution is 2.25. The van der Waals surface area contributed by atoms with Gasteiger partial charge in [-0.15, -0.1) is 0 Å². The first-order valence-corrected chi connectivity index (χ1v) is 10.1. The standard InChI is InChI=1S/C15H22N2O2S2/c1-12-11-20-8-7-17(12)21(18,19)15-4-2-3-13(9-15)10-16-14-5-6-14/h2-4,9,12,14,16H,5-8,10-11H2,1H3. The summed E-state index contributed by atoms with van der Waals surface area (Å²) in [5.74, 6) is 1.76. The molecule has 1 unspecified atom stereocenters. The minimum atomic E-state index is -3.36. The minimum absolute atomic E-state index is 0.0713. The smallest absolute Gasteiger partial charge is 0.243 e. The van der Waals surface area contributed by atoms with Crippen LogP contribution in [0.2, 0.25) is 0 Å². The Morgan fingerprint density at radius 1 is 1.38 bits per heavy atom. The van der Waals surface area contributed by atoms with Crippen molar-refractivity contribution >= 4 is 21.8 Å². The molecular formula is C15H22N2O2S2. The summed E-state index contributed by atoms with van der Waals surface area (Å²) in [6.45, 7) is 3.35. The van der Waals surface area contributed by atoms with Gasteiger partial charge in [0.1, 0.15) is 0 Å². The lowest BCUT2D eigenvalue weighted by Gasteiger charge is -2.32. The van der Waals surface area contributed by atoms with E-state index in [2.05, 4.69) is 5.32 Å². The fourth-order valence-corrected chi connectivity index (χ4v) is 5.50. The molecule has 1 saturated heterocycles. The van der Waals surface area contributed by atoms with Crippen molar-refractivity contribution in [2.75, 3.05) is 18.1 Å². The molecule has 0 amide bonds. The van der Waals surface area contributed by atoms with Gasteiger partial charge in [0.05, 0.1) is 4.90 Å². The van der Waals surface area contributed by atoms with Crippen molar-refractivity contribution in [3.8, 4) is 0 Å². The maximum Gasteiger partial charge on any atom is 0.243 e. The van der Waals surface area contributed by atoms with Gasteiger partial charge in [-0.3, -0.25) is 0 Å². The molecule has 0 aromatic heterocycles. The Morgan fingerprint density at radius 2 is 2.19 bits per heavy atom. The third-order valence-corrected chi connectivity index (χ3v) is 7.18. The van der Waals surface area contributed by atoms with Crippen LogP contribution in [0.4, 0.5) is 0 Å². The van der Waals surface area contributed by atoms with Crippen LogP contribution in [0.1, 0.15) is 25.3 Å². The third kappa shape index (κ3) is 3.62. The first-order valence-electron chi connectivity index (χ1n) is 7.49. The van der Waals surface area contributed by atoms with Gasteiger partial charge < -0.3 is 5.32 Å². The van der Waals surface area contributed by atoms with E-state index in [0.29, 0.717) is 17.5 Å². The molecule has 1 atom stereocenters. The largest absolute Gasteiger partial charge is 0.310 e. The molecule has 3 rings (SSSR count). The Kier molecular flexibility index (Phi) is 4.59. The van der Waals surface area contributed by atoms with E-state index in [9.17, 15) is 8.42 Å². The molecule has 1 aliphatic heterocycles. The maximum atomic E-state index is 12.8. The second-order valence-electron chi connectivity index (χ2n) is 5.84. The van der Waals surface area contributed by atoms with E-state index in [0.717, 1.165) is 23.6 Å². The third-order valence-electron chi connectivity index (χ3n) is 3.98. The second-order valence-corrected chi connectivity index (χ2v) is 8.88. The van der Waals surface area contributed by atoms with Crippen molar-refractivity contribution in [3.05, 3.63) is 29.8 Å². The molecule has 4 nitrogen and oxygen atoms in total. The molecule has 6 heteroatoms. The number of hydrogen-bond acceptors (Lipinski definition) is 4. The zero-order valence-electron chi connectivity index (χ0n) is 12.3. The molecule has 1 N–H and O–H groups in total. The topological polar surface area (TPSA) is 49.4 Å². The highest BCUT2D eigenvalue weighted by Gasteiger charge is 2.31. The summed E-state index contributed by atoms with van der Waals surface area (Å²) < 4.78 is 27.2.